The van der Waals surface area contributed by atoms with Crippen molar-refractivity contribution in [2.24, 2.45) is 0 Å². The van der Waals surface area contributed by atoms with E-state index in [1.54, 1.807) is 6.33 Å². The van der Waals surface area contributed by atoms with E-state index in [0.717, 1.165) is 11.4 Å². The Kier molecular flexibility index (Phi) is 3.59. The van der Waals surface area contributed by atoms with Crippen molar-refractivity contribution in [1.29, 1.82) is 0 Å². The van der Waals surface area contributed by atoms with Gasteiger partial charge in [0.25, 0.3) is 0 Å². The maximum absolute atomic E-state index is 4.20. The average molecular weight is 180 g/mol. The second-order valence-corrected chi connectivity index (χ2v) is 4.17. The summed E-state index contributed by atoms with van der Waals surface area (Å²) in [5, 5.41) is 0. The van der Waals surface area contributed by atoms with Gasteiger partial charge >= 0.3 is 0 Å². The van der Waals surface area contributed by atoms with Crippen molar-refractivity contribution >= 4 is 0 Å². The number of nitrogens with zero attached hydrogens (tertiary/aromatic N) is 2. The lowest BCUT2D eigenvalue weighted by atomic mass is 9.85. The van der Waals surface area contributed by atoms with Crippen LogP contribution in [-0.2, 0) is 5.41 Å². The van der Waals surface area contributed by atoms with Gasteiger partial charge in [0.1, 0.15) is 6.33 Å². The number of hydrogen-bond donors (Lipinski definition) is 0. The summed E-state index contributed by atoms with van der Waals surface area (Å²) in [7, 11) is 0. The van der Waals surface area contributed by atoms with E-state index in [1.807, 2.05) is 13.8 Å². The highest BCUT2D eigenvalue weighted by Crippen LogP contribution is 2.25. The van der Waals surface area contributed by atoms with Crippen molar-refractivity contribution in [3.05, 3.63) is 23.3 Å². The topological polar surface area (TPSA) is 25.8 Å². The van der Waals surface area contributed by atoms with Crippen LogP contribution in [0.25, 0.3) is 0 Å². The fraction of sp³-hybridized carbons (Fsp3) is 0.636. The van der Waals surface area contributed by atoms with Crippen LogP contribution in [0.1, 0.15) is 45.1 Å². The third-order valence-electron chi connectivity index (χ3n) is 1.98. The number of hydrogen-bond acceptors (Lipinski definition) is 2. The molecule has 0 spiro atoms. The van der Waals surface area contributed by atoms with Crippen LogP contribution < -0.4 is 0 Å². The second-order valence-electron chi connectivity index (χ2n) is 4.17. The van der Waals surface area contributed by atoms with E-state index in [9.17, 15) is 0 Å². The molecule has 0 saturated heterocycles. The lowest BCUT2D eigenvalue weighted by Gasteiger charge is -2.22. The van der Waals surface area contributed by atoms with E-state index in [1.165, 1.54) is 5.56 Å². The number of rotatable bonds is 0. The molecule has 1 aromatic rings. The Bertz CT molecular complexity index is 264. The molecule has 74 valence electrons. The van der Waals surface area contributed by atoms with E-state index < -0.39 is 0 Å². The predicted octanol–water partition coefficient (Wildman–Crippen LogP) is 3.03. The molecule has 1 rings (SSSR count). The molecule has 0 aliphatic rings. The van der Waals surface area contributed by atoms with Crippen LogP contribution in [0.2, 0.25) is 0 Å². The SMILES string of the molecule is C.Cc1ncnc(C)c1C(C)(C)C. The zero-order valence-corrected chi connectivity index (χ0v) is 8.47. The minimum atomic E-state index is 0. The summed E-state index contributed by atoms with van der Waals surface area (Å²) in [5.41, 5.74) is 3.60. The van der Waals surface area contributed by atoms with Crippen LogP contribution in [0.3, 0.4) is 0 Å². The van der Waals surface area contributed by atoms with Gasteiger partial charge in [-0.2, -0.15) is 0 Å². The zero-order valence-electron chi connectivity index (χ0n) is 8.47. The summed E-state index contributed by atoms with van der Waals surface area (Å²) < 4.78 is 0. The molecular formula is C11H20N2. The Morgan fingerprint density at radius 1 is 1.00 bits per heavy atom. The van der Waals surface area contributed by atoms with Crippen LogP contribution in [0.5, 0.6) is 0 Å². The van der Waals surface area contributed by atoms with Crippen molar-refractivity contribution in [3.8, 4) is 0 Å². The minimum absolute atomic E-state index is 0. The van der Waals surface area contributed by atoms with Crippen molar-refractivity contribution < 1.29 is 0 Å². The summed E-state index contributed by atoms with van der Waals surface area (Å²) in [6.07, 6.45) is 1.62. The molecule has 2 heteroatoms. The molecule has 0 aliphatic carbocycles. The van der Waals surface area contributed by atoms with E-state index in [0.29, 0.717) is 0 Å². The quantitative estimate of drug-likeness (QED) is 0.613. The van der Waals surface area contributed by atoms with E-state index in [2.05, 4.69) is 30.7 Å². The molecule has 0 amide bonds. The van der Waals surface area contributed by atoms with Gasteiger partial charge in [0.2, 0.25) is 0 Å². The van der Waals surface area contributed by atoms with Gasteiger partial charge in [-0.3, -0.25) is 0 Å². The molecule has 2 nitrogen and oxygen atoms in total. The predicted molar refractivity (Wildman–Crippen MR) is 56.9 cm³/mol. The monoisotopic (exact) mass is 180 g/mol. The molecule has 0 aromatic carbocycles. The summed E-state index contributed by atoms with van der Waals surface area (Å²) in [6.45, 7) is 10.6. The Balaban J connectivity index is 0.00000144. The van der Waals surface area contributed by atoms with Crippen LogP contribution in [0, 0.1) is 13.8 Å². The van der Waals surface area contributed by atoms with Gasteiger partial charge < -0.3 is 0 Å². The Hall–Kier alpha value is -0.920. The molecule has 13 heavy (non-hydrogen) atoms. The first kappa shape index (κ1) is 12.1. The normalized spacial score (nSPS) is 10.8. The highest BCUT2D eigenvalue weighted by atomic mass is 14.8. The van der Waals surface area contributed by atoms with Gasteiger partial charge in [0.15, 0.2) is 0 Å². The summed E-state index contributed by atoms with van der Waals surface area (Å²) in [5.74, 6) is 0. The molecule has 0 saturated carbocycles. The van der Waals surface area contributed by atoms with Crippen molar-refractivity contribution in [2.75, 3.05) is 0 Å². The first-order valence-electron chi connectivity index (χ1n) is 4.21. The van der Waals surface area contributed by atoms with E-state index in [4.69, 9.17) is 0 Å². The third-order valence-corrected chi connectivity index (χ3v) is 1.98. The first-order chi connectivity index (χ1) is 5.43. The fourth-order valence-corrected chi connectivity index (χ4v) is 1.68. The van der Waals surface area contributed by atoms with Gasteiger partial charge in [-0.05, 0) is 24.8 Å². The molecule has 0 aliphatic heterocycles. The first-order valence-corrected chi connectivity index (χ1v) is 4.21. The van der Waals surface area contributed by atoms with E-state index in [-0.39, 0.29) is 12.8 Å². The van der Waals surface area contributed by atoms with Gasteiger partial charge in [0.05, 0.1) is 0 Å². The lowest BCUT2D eigenvalue weighted by Crippen LogP contribution is -2.16. The van der Waals surface area contributed by atoms with Gasteiger partial charge in [-0.15, -0.1) is 0 Å². The molecule has 0 bridgehead atoms. The van der Waals surface area contributed by atoms with Crippen LogP contribution >= 0.6 is 0 Å². The van der Waals surface area contributed by atoms with Gasteiger partial charge in [-0.25, -0.2) is 9.97 Å². The van der Waals surface area contributed by atoms with Crippen molar-refractivity contribution in [3.63, 3.8) is 0 Å². The summed E-state index contributed by atoms with van der Waals surface area (Å²) in [4.78, 5) is 8.39. The minimum Gasteiger partial charge on any atom is -0.241 e. The van der Waals surface area contributed by atoms with Crippen LogP contribution in [0.4, 0.5) is 0 Å². The Labute approximate surface area is 81.4 Å². The van der Waals surface area contributed by atoms with Gasteiger partial charge in [0, 0.05) is 11.4 Å². The highest BCUT2D eigenvalue weighted by molar-refractivity contribution is 5.29. The molecule has 0 unspecified atom stereocenters. The van der Waals surface area contributed by atoms with E-state index >= 15 is 0 Å². The molecule has 0 N–H and O–H groups in total. The molecule has 1 heterocycles. The Morgan fingerprint density at radius 2 is 1.38 bits per heavy atom. The largest absolute Gasteiger partial charge is 0.241 e. The third kappa shape index (κ3) is 2.51. The van der Waals surface area contributed by atoms with Crippen LogP contribution in [-0.4, -0.2) is 9.97 Å². The average Bonchev–Trinajstić information content (AvgIpc) is 1.82. The molecule has 0 radical (unpaired) electrons. The molecule has 0 atom stereocenters. The fourth-order valence-electron chi connectivity index (χ4n) is 1.68. The second kappa shape index (κ2) is 3.86. The van der Waals surface area contributed by atoms with Crippen LogP contribution in [0.15, 0.2) is 6.33 Å². The smallest absolute Gasteiger partial charge is 0.115 e. The maximum Gasteiger partial charge on any atom is 0.115 e. The molecule has 1 aromatic heterocycles. The number of aromatic nitrogens is 2. The highest BCUT2D eigenvalue weighted by Gasteiger charge is 2.19. The summed E-state index contributed by atoms with van der Waals surface area (Å²) in [6, 6.07) is 0. The standard InChI is InChI=1S/C10H16N2.CH4/c1-7-9(10(3,4)5)8(2)12-6-11-7;/h6H,1-5H3;1H4. The number of aryl methyl sites for hydroxylation is 2. The van der Waals surface area contributed by atoms with Crippen molar-refractivity contribution in [2.45, 2.75) is 47.5 Å². The molecule has 0 fully saturated rings. The zero-order chi connectivity index (χ0) is 9.35. The maximum atomic E-state index is 4.20. The van der Waals surface area contributed by atoms with Gasteiger partial charge in [-0.1, -0.05) is 28.2 Å². The van der Waals surface area contributed by atoms with Crippen molar-refractivity contribution in [1.82, 2.24) is 9.97 Å². The molecular weight excluding hydrogens is 160 g/mol. The summed E-state index contributed by atoms with van der Waals surface area (Å²) >= 11 is 0. The lowest BCUT2D eigenvalue weighted by molar-refractivity contribution is 0.572. The Morgan fingerprint density at radius 3 is 1.62 bits per heavy atom.